The number of hydrogen-bond donors (Lipinski definition) is 0. The molecule has 1 aliphatic rings. The Kier molecular flexibility index (Phi) is 13.4. The number of carbonyl (C=O) groups is 2. The first-order valence-corrected chi connectivity index (χ1v) is 15.1. The number of allylic oxidation sites excluding steroid dienone is 3. The van der Waals surface area contributed by atoms with Crippen LogP contribution >= 0.6 is 0 Å². The molecule has 7 nitrogen and oxygen atoms in total. The molecule has 0 saturated heterocycles. The maximum atomic E-state index is 12.7. The van der Waals surface area contributed by atoms with Gasteiger partial charge in [-0.3, -0.25) is 9.59 Å². The highest BCUT2D eigenvalue weighted by Crippen LogP contribution is 2.41. The minimum atomic E-state index is -0.387. The maximum absolute atomic E-state index is 12.7. The molecule has 0 N–H and O–H groups in total. The molecule has 0 bridgehead atoms. The Morgan fingerprint density at radius 3 is 2.19 bits per heavy atom. The van der Waals surface area contributed by atoms with Crippen LogP contribution in [-0.2, 0) is 14.3 Å². The van der Waals surface area contributed by atoms with E-state index in [-0.39, 0.29) is 38.0 Å². The molecule has 1 atom stereocenters. The van der Waals surface area contributed by atoms with Crippen LogP contribution in [0.5, 0.6) is 11.5 Å². The molecule has 232 valence electrons. The standard InChI is InChI=1S/C36H48N2O5/c1-8-11-28(18-22-37(4)5)35-27(3)12-9-14-31(35)42-33(39)20-24-41-25-21-34(40)43-32-15-10-13-30-26(2)16-17-29(36(30)32)19-23-38(6)7/h8-15,17,26H,1,16,18-25H2,2-7H3/b28-11-. The van der Waals surface area contributed by atoms with E-state index in [0.29, 0.717) is 17.4 Å². The Balaban J connectivity index is 1.52. The number of rotatable bonds is 16. The van der Waals surface area contributed by atoms with Gasteiger partial charge in [0.15, 0.2) is 0 Å². The molecule has 2 aromatic carbocycles. The molecule has 43 heavy (non-hydrogen) atoms. The predicted molar refractivity (Wildman–Crippen MR) is 174 cm³/mol. The molecule has 7 heteroatoms. The van der Waals surface area contributed by atoms with E-state index in [1.54, 1.807) is 6.08 Å². The van der Waals surface area contributed by atoms with E-state index in [1.165, 1.54) is 11.1 Å². The number of aryl methyl sites for hydroxylation is 1. The largest absolute Gasteiger partial charge is 0.426 e. The van der Waals surface area contributed by atoms with Crippen LogP contribution in [0.25, 0.3) is 11.1 Å². The number of carbonyl (C=O) groups excluding carboxylic acids is 2. The van der Waals surface area contributed by atoms with Crippen LogP contribution < -0.4 is 9.47 Å². The minimum absolute atomic E-state index is 0.0742. The fraction of sp³-hybridized carbons (Fsp3) is 0.444. The van der Waals surface area contributed by atoms with E-state index in [9.17, 15) is 9.59 Å². The van der Waals surface area contributed by atoms with E-state index < -0.39 is 0 Å². The van der Waals surface area contributed by atoms with Crippen molar-refractivity contribution in [2.75, 3.05) is 54.5 Å². The molecule has 3 rings (SSSR count). The summed E-state index contributed by atoms with van der Waals surface area (Å²) in [5.41, 5.74) is 6.50. The molecular formula is C36H48N2O5. The van der Waals surface area contributed by atoms with Gasteiger partial charge in [0, 0.05) is 24.2 Å². The van der Waals surface area contributed by atoms with Gasteiger partial charge in [0.25, 0.3) is 0 Å². The second-order valence-electron chi connectivity index (χ2n) is 11.6. The smallest absolute Gasteiger partial charge is 0.313 e. The van der Waals surface area contributed by atoms with E-state index in [2.05, 4.69) is 49.5 Å². The molecule has 0 heterocycles. The average Bonchev–Trinajstić information content (AvgIpc) is 2.95. The fourth-order valence-corrected chi connectivity index (χ4v) is 5.18. The molecule has 0 aromatic heterocycles. The van der Waals surface area contributed by atoms with Gasteiger partial charge in [-0.25, -0.2) is 0 Å². The third-order valence-corrected chi connectivity index (χ3v) is 7.51. The summed E-state index contributed by atoms with van der Waals surface area (Å²) < 4.78 is 17.2. The summed E-state index contributed by atoms with van der Waals surface area (Å²) in [7, 11) is 8.17. The van der Waals surface area contributed by atoms with Crippen LogP contribution in [0, 0.1) is 6.92 Å². The highest BCUT2D eigenvalue weighted by Gasteiger charge is 2.23. The van der Waals surface area contributed by atoms with Crippen LogP contribution in [0.1, 0.15) is 67.2 Å². The second kappa shape index (κ2) is 16.9. The van der Waals surface area contributed by atoms with Crippen LogP contribution in [-0.4, -0.2) is 76.2 Å². The Hall–Kier alpha value is -3.52. The van der Waals surface area contributed by atoms with Gasteiger partial charge in [0.1, 0.15) is 11.5 Å². The lowest BCUT2D eigenvalue weighted by Crippen LogP contribution is -2.17. The van der Waals surface area contributed by atoms with Crippen LogP contribution in [0.2, 0.25) is 0 Å². The van der Waals surface area contributed by atoms with Gasteiger partial charge in [-0.2, -0.15) is 0 Å². The van der Waals surface area contributed by atoms with Gasteiger partial charge >= 0.3 is 11.9 Å². The second-order valence-corrected chi connectivity index (χ2v) is 11.6. The Morgan fingerprint density at radius 1 is 0.907 bits per heavy atom. The normalized spacial score (nSPS) is 14.8. The third kappa shape index (κ3) is 10.3. The molecule has 0 aliphatic heterocycles. The Morgan fingerprint density at radius 2 is 1.53 bits per heavy atom. The lowest BCUT2D eigenvalue weighted by Gasteiger charge is -2.26. The first-order chi connectivity index (χ1) is 20.6. The number of ether oxygens (including phenoxy) is 3. The van der Waals surface area contributed by atoms with Gasteiger partial charge in [0.05, 0.1) is 26.1 Å². The maximum Gasteiger partial charge on any atom is 0.313 e. The number of benzene rings is 2. The Bertz CT molecular complexity index is 1320. The number of fused-ring (bicyclic) bond motifs is 1. The minimum Gasteiger partial charge on any atom is -0.426 e. The van der Waals surface area contributed by atoms with Gasteiger partial charge in [-0.1, -0.05) is 56.0 Å². The van der Waals surface area contributed by atoms with Crippen molar-refractivity contribution in [3.63, 3.8) is 0 Å². The van der Waals surface area contributed by atoms with Crippen molar-refractivity contribution >= 4 is 23.1 Å². The first-order valence-electron chi connectivity index (χ1n) is 15.1. The molecule has 0 saturated carbocycles. The van der Waals surface area contributed by atoms with Crippen molar-refractivity contribution in [1.82, 2.24) is 9.80 Å². The predicted octanol–water partition coefficient (Wildman–Crippen LogP) is 6.67. The fourth-order valence-electron chi connectivity index (χ4n) is 5.18. The molecule has 1 aliphatic carbocycles. The van der Waals surface area contributed by atoms with Gasteiger partial charge < -0.3 is 24.0 Å². The average molecular weight is 589 g/mol. The molecule has 2 aromatic rings. The van der Waals surface area contributed by atoms with Crippen molar-refractivity contribution in [3.05, 3.63) is 83.5 Å². The number of nitrogens with zero attached hydrogens (tertiary/aromatic N) is 2. The molecule has 1 unspecified atom stereocenters. The van der Waals surface area contributed by atoms with Gasteiger partial charge in [-0.15, -0.1) is 0 Å². The van der Waals surface area contributed by atoms with Crippen LogP contribution in [0.3, 0.4) is 0 Å². The lowest BCUT2D eigenvalue weighted by molar-refractivity contribution is -0.136. The van der Waals surface area contributed by atoms with E-state index in [1.807, 2.05) is 57.4 Å². The quantitative estimate of drug-likeness (QED) is 0.0939. The molecule has 0 spiro atoms. The van der Waals surface area contributed by atoms with Crippen molar-refractivity contribution in [3.8, 4) is 11.5 Å². The van der Waals surface area contributed by atoms with Crippen LogP contribution in [0.15, 0.2) is 61.2 Å². The van der Waals surface area contributed by atoms with Gasteiger partial charge in [-0.05, 0) is 94.7 Å². The SMILES string of the molecule is C=C/C=C(/CCN(C)C)c1c(C)cccc1OC(=O)CCOCCC(=O)Oc1cccc2c1C(CCN(C)C)=CCC2C. The highest BCUT2D eigenvalue weighted by molar-refractivity contribution is 5.81. The lowest BCUT2D eigenvalue weighted by atomic mass is 9.82. The zero-order valence-electron chi connectivity index (χ0n) is 26.8. The van der Waals surface area contributed by atoms with Crippen molar-refractivity contribution < 1.29 is 23.8 Å². The summed E-state index contributed by atoms with van der Waals surface area (Å²) in [6.45, 7) is 10.2. The molecular weight excluding hydrogens is 540 g/mol. The van der Waals surface area contributed by atoms with Gasteiger partial charge in [0.2, 0.25) is 0 Å². The topological polar surface area (TPSA) is 68.3 Å². The first kappa shape index (κ1) is 34.0. The number of hydrogen-bond acceptors (Lipinski definition) is 7. The zero-order valence-corrected chi connectivity index (χ0v) is 26.8. The zero-order chi connectivity index (χ0) is 31.4. The summed E-state index contributed by atoms with van der Waals surface area (Å²) in [4.78, 5) is 29.7. The van der Waals surface area contributed by atoms with E-state index >= 15 is 0 Å². The van der Waals surface area contributed by atoms with Crippen molar-refractivity contribution in [2.24, 2.45) is 0 Å². The van der Waals surface area contributed by atoms with Crippen molar-refractivity contribution in [2.45, 2.75) is 51.9 Å². The van der Waals surface area contributed by atoms with E-state index in [4.69, 9.17) is 14.2 Å². The highest BCUT2D eigenvalue weighted by atomic mass is 16.5. The monoisotopic (exact) mass is 588 g/mol. The Labute approximate surface area is 257 Å². The molecule has 0 radical (unpaired) electrons. The summed E-state index contributed by atoms with van der Waals surface area (Å²) in [5.74, 6) is 0.761. The van der Waals surface area contributed by atoms with Crippen molar-refractivity contribution in [1.29, 1.82) is 0 Å². The molecule has 0 amide bonds. The third-order valence-electron chi connectivity index (χ3n) is 7.51. The summed E-state index contributed by atoms with van der Waals surface area (Å²) in [6, 6.07) is 11.6. The summed E-state index contributed by atoms with van der Waals surface area (Å²) in [5, 5.41) is 0. The summed E-state index contributed by atoms with van der Waals surface area (Å²) >= 11 is 0. The molecule has 0 fully saturated rings. The van der Waals surface area contributed by atoms with Crippen LogP contribution in [0.4, 0.5) is 0 Å². The number of esters is 2. The summed E-state index contributed by atoms with van der Waals surface area (Å²) in [6.07, 6.45) is 8.85. The van der Waals surface area contributed by atoms with E-state index in [0.717, 1.165) is 54.6 Å².